The van der Waals surface area contributed by atoms with E-state index in [0.717, 1.165) is 18.8 Å². The average Bonchev–Trinajstić information content (AvgIpc) is 2.61. The summed E-state index contributed by atoms with van der Waals surface area (Å²) in [5.74, 6) is 2.16. The van der Waals surface area contributed by atoms with E-state index in [4.69, 9.17) is 0 Å². The molecule has 0 radical (unpaired) electrons. The lowest BCUT2D eigenvalue weighted by Gasteiger charge is -2.35. The fraction of sp³-hybridized carbons (Fsp3) is 0.636. The lowest BCUT2D eigenvalue weighted by molar-refractivity contribution is 0.207. The molecule has 2 rings (SSSR count). The van der Waals surface area contributed by atoms with Crippen LogP contribution in [0.25, 0.3) is 0 Å². The zero-order valence-corrected chi connectivity index (χ0v) is 15.7. The Balaban J connectivity index is 1.90. The van der Waals surface area contributed by atoms with Gasteiger partial charge in [-0.3, -0.25) is 0 Å². The highest BCUT2D eigenvalue weighted by Crippen LogP contribution is 2.39. The van der Waals surface area contributed by atoms with Gasteiger partial charge in [-0.05, 0) is 48.2 Å². The highest BCUT2D eigenvalue weighted by Gasteiger charge is 2.29. The highest BCUT2D eigenvalue weighted by atomic mass is 14.9. The third-order valence-electron chi connectivity index (χ3n) is 6.41. The van der Waals surface area contributed by atoms with Crippen LogP contribution in [0.3, 0.4) is 0 Å². The fourth-order valence-corrected chi connectivity index (χ4v) is 3.63. The van der Waals surface area contributed by atoms with Crippen molar-refractivity contribution in [1.82, 2.24) is 5.32 Å². The van der Waals surface area contributed by atoms with E-state index in [1.54, 1.807) is 0 Å². The first-order valence-electron chi connectivity index (χ1n) is 9.56. The number of nitrogens with one attached hydrogen (secondary N) is 1. The first-order chi connectivity index (χ1) is 11.0. The zero-order valence-electron chi connectivity index (χ0n) is 15.7. The van der Waals surface area contributed by atoms with Crippen LogP contribution < -0.4 is 5.32 Å². The minimum atomic E-state index is 0.437. The molecule has 1 N–H and O–H groups in total. The molecule has 2 aliphatic rings. The maximum atomic E-state index is 3.59. The summed E-state index contributed by atoms with van der Waals surface area (Å²) in [6.45, 7) is 11.7. The van der Waals surface area contributed by atoms with Crippen molar-refractivity contribution in [3.8, 4) is 0 Å². The molecule has 0 fully saturated rings. The van der Waals surface area contributed by atoms with Gasteiger partial charge in [0.2, 0.25) is 0 Å². The van der Waals surface area contributed by atoms with E-state index in [0.29, 0.717) is 17.3 Å². The molecule has 3 unspecified atom stereocenters. The van der Waals surface area contributed by atoms with Gasteiger partial charge in [-0.1, -0.05) is 78.2 Å². The lowest BCUT2D eigenvalue weighted by atomic mass is 9.70. The van der Waals surface area contributed by atoms with Crippen LogP contribution in [0.4, 0.5) is 0 Å². The second-order valence-electron chi connectivity index (χ2n) is 7.65. The monoisotopic (exact) mass is 313 g/mol. The molecule has 0 bridgehead atoms. The van der Waals surface area contributed by atoms with E-state index in [2.05, 4.69) is 76.4 Å². The fourth-order valence-electron chi connectivity index (χ4n) is 3.63. The van der Waals surface area contributed by atoms with E-state index in [9.17, 15) is 0 Å². The normalized spacial score (nSPS) is 25.8. The van der Waals surface area contributed by atoms with Crippen LogP contribution >= 0.6 is 0 Å². The summed E-state index contributed by atoms with van der Waals surface area (Å²) >= 11 is 0. The molecule has 3 atom stereocenters. The molecule has 0 aliphatic heterocycles. The first-order valence-corrected chi connectivity index (χ1v) is 9.56. The Morgan fingerprint density at radius 2 is 1.65 bits per heavy atom. The maximum Gasteiger partial charge on any atom is 0.0340 e. The standard InChI is InChI=1S/C22H35N/c1-6-17(4)18-9-13-20(14-10-18)23-21-15-11-19(12-16-21)22(5,7-2)8-3/h9,11,13-19,23H,6-8,10,12H2,1-5H3. The maximum absolute atomic E-state index is 3.59. The third-order valence-corrected chi connectivity index (χ3v) is 6.41. The Morgan fingerprint density at radius 3 is 2.09 bits per heavy atom. The molecule has 0 spiro atoms. The van der Waals surface area contributed by atoms with Crippen LogP contribution in [0.15, 0.2) is 47.9 Å². The van der Waals surface area contributed by atoms with Crippen LogP contribution in [0, 0.1) is 23.2 Å². The molecule has 128 valence electrons. The largest absolute Gasteiger partial charge is 0.356 e. The number of hydrogen-bond acceptors (Lipinski definition) is 1. The predicted octanol–water partition coefficient (Wildman–Crippen LogP) is 6.37. The summed E-state index contributed by atoms with van der Waals surface area (Å²) in [4.78, 5) is 0. The van der Waals surface area contributed by atoms with Gasteiger partial charge in [0.15, 0.2) is 0 Å². The molecular weight excluding hydrogens is 278 g/mol. The van der Waals surface area contributed by atoms with Crippen molar-refractivity contribution in [2.75, 3.05) is 0 Å². The molecule has 0 aromatic carbocycles. The summed E-state index contributed by atoms with van der Waals surface area (Å²) in [7, 11) is 0. The van der Waals surface area contributed by atoms with Gasteiger partial charge in [0.05, 0.1) is 0 Å². The molecule has 0 amide bonds. The molecule has 23 heavy (non-hydrogen) atoms. The minimum absolute atomic E-state index is 0.437. The molecule has 0 aromatic rings. The van der Waals surface area contributed by atoms with Crippen molar-refractivity contribution in [2.24, 2.45) is 23.2 Å². The molecule has 0 saturated heterocycles. The highest BCUT2D eigenvalue weighted by molar-refractivity contribution is 5.32. The smallest absolute Gasteiger partial charge is 0.0340 e. The predicted molar refractivity (Wildman–Crippen MR) is 102 cm³/mol. The second-order valence-corrected chi connectivity index (χ2v) is 7.65. The van der Waals surface area contributed by atoms with Crippen LogP contribution in [-0.2, 0) is 0 Å². The average molecular weight is 314 g/mol. The second kappa shape index (κ2) is 8.04. The molecular formula is C22H35N. The molecule has 0 aromatic heterocycles. The van der Waals surface area contributed by atoms with Gasteiger partial charge in [-0.2, -0.15) is 0 Å². The summed E-state index contributed by atoms with van der Waals surface area (Å²) in [5.41, 5.74) is 2.95. The van der Waals surface area contributed by atoms with Gasteiger partial charge in [0.1, 0.15) is 0 Å². The van der Waals surface area contributed by atoms with Crippen LogP contribution in [0.5, 0.6) is 0 Å². The zero-order chi connectivity index (χ0) is 16.9. The quantitative estimate of drug-likeness (QED) is 0.576. The van der Waals surface area contributed by atoms with E-state index < -0.39 is 0 Å². The van der Waals surface area contributed by atoms with Crippen LogP contribution in [-0.4, -0.2) is 0 Å². The number of rotatable bonds is 7. The van der Waals surface area contributed by atoms with Crippen molar-refractivity contribution >= 4 is 0 Å². The first kappa shape index (κ1) is 18.1. The Hall–Kier alpha value is -1.24. The van der Waals surface area contributed by atoms with Gasteiger partial charge >= 0.3 is 0 Å². The van der Waals surface area contributed by atoms with Crippen molar-refractivity contribution in [3.05, 3.63) is 47.9 Å². The van der Waals surface area contributed by atoms with Crippen LogP contribution in [0.2, 0.25) is 0 Å². The molecule has 1 heteroatoms. The van der Waals surface area contributed by atoms with Gasteiger partial charge in [-0.15, -0.1) is 0 Å². The van der Waals surface area contributed by atoms with Gasteiger partial charge in [0, 0.05) is 11.4 Å². The van der Waals surface area contributed by atoms with E-state index in [-0.39, 0.29) is 0 Å². The number of hydrogen-bond donors (Lipinski definition) is 1. The van der Waals surface area contributed by atoms with Gasteiger partial charge in [-0.25, -0.2) is 0 Å². The Kier molecular flexibility index (Phi) is 6.33. The van der Waals surface area contributed by atoms with Gasteiger partial charge in [0.25, 0.3) is 0 Å². The van der Waals surface area contributed by atoms with Crippen molar-refractivity contribution in [3.63, 3.8) is 0 Å². The Labute approximate surface area is 143 Å². The topological polar surface area (TPSA) is 12.0 Å². The Morgan fingerprint density at radius 1 is 1.04 bits per heavy atom. The van der Waals surface area contributed by atoms with Crippen LogP contribution in [0.1, 0.15) is 66.7 Å². The SMILES string of the molecule is CCC(C)C1C=CC(NC2=CCC(C(C)(CC)CC)C=C2)=CC1. The van der Waals surface area contributed by atoms with E-state index in [1.165, 1.54) is 30.7 Å². The summed E-state index contributed by atoms with van der Waals surface area (Å²) in [5, 5.41) is 3.59. The Bertz CT molecular complexity index is 502. The molecule has 2 aliphatic carbocycles. The van der Waals surface area contributed by atoms with E-state index >= 15 is 0 Å². The van der Waals surface area contributed by atoms with Crippen molar-refractivity contribution in [2.45, 2.75) is 66.7 Å². The number of allylic oxidation sites excluding steroid dienone is 6. The third kappa shape index (κ3) is 4.40. The molecule has 0 saturated carbocycles. The molecule has 0 heterocycles. The van der Waals surface area contributed by atoms with Gasteiger partial charge < -0.3 is 5.32 Å². The molecule has 1 nitrogen and oxygen atoms in total. The summed E-state index contributed by atoms with van der Waals surface area (Å²) < 4.78 is 0. The minimum Gasteiger partial charge on any atom is -0.356 e. The van der Waals surface area contributed by atoms with Crippen molar-refractivity contribution < 1.29 is 0 Å². The summed E-state index contributed by atoms with van der Waals surface area (Å²) in [6, 6.07) is 0. The lowest BCUT2D eigenvalue weighted by Crippen LogP contribution is -2.26. The van der Waals surface area contributed by atoms with E-state index in [1.807, 2.05) is 0 Å². The van der Waals surface area contributed by atoms with Crippen molar-refractivity contribution in [1.29, 1.82) is 0 Å². The summed E-state index contributed by atoms with van der Waals surface area (Å²) in [6.07, 6.45) is 20.2.